The van der Waals surface area contributed by atoms with E-state index in [-0.39, 0.29) is 29.3 Å². The van der Waals surface area contributed by atoms with Gasteiger partial charge in [-0.3, -0.25) is 13.9 Å². The number of rotatable bonds is 12. The van der Waals surface area contributed by atoms with E-state index in [0.717, 1.165) is 21.9 Å². The fraction of sp³-hybridized carbons (Fsp3) is 0.355. The smallest absolute Gasteiger partial charge is 0.264 e. The zero-order valence-corrected chi connectivity index (χ0v) is 24.2. The molecule has 0 aliphatic carbocycles. The highest BCUT2D eigenvalue weighted by molar-refractivity contribution is 7.92. The molecule has 0 spiro atoms. The second kappa shape index (κ2) is 13.4. The fourth-order valence-electron chi connectivity index (χ4n) is 4.10. The van der Waals surface area contributed by atoms with Crippen molar-refractivity contribution in [1.82, 2.24) is 10.2 Å². The summed E-state index contributed by atoms with van der Waals surface area (Å²) in [5.41, 5.74) is 2.28. The average Bonchev–Trinajstić information content (AvgIpc) is 2.95. The molecule has 0 saturated carbocycles. The maximum absolute atomic E-state index is 13.9. The first-order valence-corrected chi connectivity index (χ1v) is 14.8. The first kappa shape index (κ1) is 29.9. The Hall–Kier alpha value is -3.65. The van der Waals surface area contributed by atoms with Crippen LogP contribution in [0.5, 0.6) is 0 Å². The summed E-state index contributed by atoms with van der Waals surface area (Å²) >= 11 is 0. The molecule has 0 fully saturated rings. The summed E-state index contributed by atoms with van der Waals surface area (Å²) in [6.07, 6.45) is 0.751. The van der Waals surface area contributed by atoms with Gasteiger partial charge < -0.3 is 10.2 Å². The van der Waals surface area contributed by atoms with Crippen LogP contribution >= 0.6 is 0 Å². The second-order valence-electron chi connectivity index (χ2n) is 10.1. The third kappa shape index (κ3) is 7.69. The van der Waals surface area contributed by atoms with E-state index in [4.69, 9.17) is 0 Å². The van der Waals surface area contributed by atoms with Crippen molar-refractivity contribution in [2.75, 3.05) is 10.8 Å². The highest BCUT2D eigenvalue weighted by Crippen LogP contribution is 2.26. The van der Waals surface area contributed by atoms with Gasteiger partial charge in [0.15, 0.2) is 0 Å². The van der Waals surface area contributed by atoms with Gasteiger partial charge in [0, 0.05) is 12.6 Å². The highest BCUT2D eigenvalue weighted by Gasteiger charge is 2.32. The molecule has 0 radical (unpaired) electrons. The first-order chi connectivity index (χ1) is 18.5. The van der Waals surface area contributed by atoms with E-state index in [2.05, 4.69) is 19.2 Å². The molecule has 1 N–H and O–H groups in total. The van der Waals surface area contributed by atoms with Crippen LogP contribution < -0.4 is 9.62 Å². The van der Waals surface area contributed by atoms with Gasteiger partial charge in [0.05, 0.1) is 10.6 Å². The number of nitrogens with zero attached hydrogens (tertiary/aromatic N) is 2. The van der Waals surface area contributed by atoms with Crippen molar-refractivity contribution in [3.8, 4) is 0 Å². The van der Waals surface area contributed by atoms with E-state index >= 15 is 0 Å². The van der Waals surface area contributed by atoms with Crippen molar-refractivity contribution in [1.29, 1.82) is 0 Å². The summed E-state index contributed by atoms with van der Waals surface area (Å²) in [5.74, 6) is -0.489. The van der Waals surface area contributed by atoms with Gasteiger partial charge in [-0.1, -0.05) is 81.4 Å². The molecule has 8 heteroatoms. The molecule has 0 bridgehead atoms. The molecule has 2 unspecified atom stereocenters. The van der Waals surface area contributed by atoms with Crippen molar-refractivity contribution < 1.29 is 18.0 Å². The van der Waals surface area contributed by atoms with E-state index < -0.39 is 28.5 Å². The summed E-state index contributed by atoms with van der Waals surface area (Å²) in [7, 11) is -4.07. The van der Waals surface area contributed by atoms with Gasteiger partial charge in [0.2, 0.25) is 11.8 Å². The van der Waals surface area contributed by atoms with E-state index in [1.54, 1.807) is 37.3 Å². The number of anilines is 1. The Kier molecular flexibility index (Phi) is 10.3. The van der Waals surface area contributed by atoms with E-state index in [1.165, 1.54) is 17.0 Å². The molecule has 2 amide bonds. The number of amides is 2. The summed E-state index contributed by atoms with van der Waals surface area (Å²) in [6, 6.07) is 23.8. The number of sulfonamides is 1. The first-order valence-electron chi connectivity index (χ1n) is 13.4. The minimum Gasteiger partial charge on any atom is -0.352 e. The Balaban J connectivity index is 2.01. The predicted octanol–water partition coefficient (Wildman–Crippen LogP) is 5.34. The van der Waals surface area contributed by atoms with Gasteiger partial charge in [0.1, 0.15) is 12.6 Å². The predicted molar refractivity (Wildman–Crippen MR) is 156 cm³/mol. The Morgan fingerprint density at radius 3 is 1.92 bits per heavy atom. The molecule has 0 aliphatic rings. The van der Waals surface area contributed by atoms with Crippen molar-refractivity contribution >= 4 is 27.5 Å². The molecule has 0 saturated heterocycles. The maximum Gasteiger partial charge on any atom is 0.264 e. The summed E-state index contributed by atoms with van der Waals surface area (Å²) < 4.78 is 28.8. The largest absolute Gasteiger partial charge is 0.352 e. The lowest BCUT2D eigenvalue weighted by Gasteiger charge is -2.32. The lowest BCUT2D eigenvalue weighted by atomic mass is 10.0. The van der Waals surface area contributed by atoms with Gasteiger partial charge in [-0.25, -0.2) is 8.42 Å². The highest BCUT2D eigenvalue weighted by atomic mass is 32.2. The number of carbonyl (C=O) groups is 2. The molecule has 0 aromatic heterocycles. The second-order valence-corrected chi connectivity index (χ2v) is 11.9. The summed E-state index contributed by atoms with van der Waals surface area (Å²) in [5, 5.41) is 2.94. The number of benzene rings is 3. The van der Waals surface area contributed by atoms with Crippen LogP contribution in [0.1, 0.15) is 58.1 Å². The maximum atomic E-state index is 13.9. The normalized spacial score (nSPS) is 13.0. The van der Waals surface area contributed by atoms with Crippen molar-refractivity contribution in [2.24, 2.45) is 0 Å². The molecular weight excluding hydrogens is 510 g/mol. The molecule has 3 rings (SSSR count). The summed E-state index contributed by atoms with van der Waals surface area (Å²) in [6.45, 7) is 9.38. The molecule has 3 aromatic carbocycles. The van der Waals surface area contributed by atoms with Crippen LogP contribution in [0.15, 0.2) is 89.8 Å². The van der Waals surface area contributed by atoms with Crippen LogP contribution in [0.2, 0.25) is 0 Å². The summed E-state index contributed by atoms with van der Waals surface area (Å²) in [4.78, 5) is 28.5. The Morgan fingerprint density at radius 1 is 0.821 bits per heavy atom. The van der Waals surface area contributed by atoms with E-state index in [0.29, 0.717) is 5.69 Å². The molecular formula is C31H39N3O4S. The lowest BCUT2D eigenvalue weighted by Crippen LogP contribution is -2.52. The quantitative estimate of drug-likeness (QED) is 0.331. The molecule has 0 heterocycles. The van der Waals surface area contributed by atoms with Gasteiger partial charge >= 0.3 is 0 Å². The zero-order chi connectivity index (χ0) is 28.6. The zero-order valence-electron chi connectivity index (χ0n) is 23.4. The molecule has 3 aromatic rings. The van der Waals surface area contributed by atoms with E-state index in [9.17, 15) is 18.0 Å². The van der Waals surface area contributed by atoms with Crippen LogP contribution in [-0.2, 0) is 26.2 Å². The minimum atomic E-state index is -4.07. The minimum absolute atomic E-state index is 0.0527. The van der Waals surface area contributed by atoms with Gasteiger partial charge in [-0.2, -0.15) is 0 Å². The molecule has 7 nitrogen and oxygen atoms in total. The van der Waals surface area contributed by atoms with Crippen molar-refractivity contribution in [2.45, 2.75) is 70.5 Å². The number of hydrogen-bond donors (Lipinski definition) is 1. The molecule has 2 atom stereocenters. The third-order valence-electron chi connectivity index (χ3n) is 6.82. The monoisotopic (exact) mass is 549 g/mol. The molecule has 39 heavy (non-hydrogen) atoms. The van der Waals surface area contributed by atoms with Crippen LogP contribution in [0.4, 0.5) is 5.69 Å². The molecule has 208 valence electrons. The van der Waals surface area contributed by atoms with Crippen LogP contribution in [-0.4, -0.2) is 43.8 Å². The van der Waals surface area contributed by atoms with Gasteiger partial charge in [0.25, 0.3) is 10.0 Å². The van der Waals surface area contributed by atoms with Crippen molar-refractivity contribution in [3.63, 3.8) is 0 Å². The van der Waals surface area contributed by atoms with Crippen LogP contribution in [0, 0.1) is 0 Å². The van der Waals surface area contributed by atoms with Crippen LogP contribution in [0.3, 0.4) is 0 Å². The molecule has 0 aliphatic heterocycles. The average molecular weight is 550 g/mol. The number of hydrogen-bond acceptors (Lipinski definition) is 4. The SMILES string of the molecule is CCC(C)NC(=O)C(C)N(Cc1ccccc1)C(=O)CN(c1ccc(C(C)C)cc1)S(=O)(=O)c1ccccc1. The third-order valence-corrected chi connectivity index (χ3v) is 8.61. The Bertz CT molecular complexity index is 1330. The fourth-order valence-corrected chi connectivity index (χ4v) is 5.54. The Labute approximate surface area is 232 Å². The lowest BCUT2D eigenvalue weighted by molar-refractivity contribution is -0.139. The van der Waals surface area contributed by atoms with Gasteiger partial charge in [-0.15, -0.1) is 0 Å². The number of nitrogens with one attached hydrogen (secondary N) is 1. The van der Waals surface area contributed by atoms with Gasteiger partial charge in [-0.05, 0) is 61.6 Å². The van der Waals surface area contributed by atoms with E-state index in [1.807, 2.05) is 56.3 Å². The Morgan fingerprint density at radius 2 is 1.38 bits per heavy atom. The standard InChI is InChI=1S/C31H39N3O4S/c1-6-24(4)32-31(36)25(5)33(21-26-13-9-7-10-14-26)30(35)22-34(28-19-17-27(18-20-28)23(2)3)39(37,38)29-15-11-8-12-16-29/h7-20,23-25H,6,21-22H2,1-5H3,(H,32,36). The topological polar surface area (TPSA) is 86.8 Å². The van der Waals surface area contributed by atoms with Crippen LogP contribution in [0.25, 0.3) is 0 Å². The van der Waals surface area contributed by atoms with Crippen molar-refractivity contribution in [3.05, 3.63) is 96.1 Å². The number of carbonyl (C=O) groups excluding carboxylic acids is 2.